The normalized spacial score (nSPS) is 9.90. The van der Waals surface area contributed by atoms with Gasteiger partial charge in [0, 0.05) is 38.6 Å². The number of hydrogen-bond donors (Lipinski definition) is 3. The van der Waals surface area contributed by atoms with Gasteiger partial charge in [0.15, 0.2) is 0 Å². The molecule has 0 saturated heterocycles. The number of methoxy groups -OCH3 is 1. The number of urea groups is 1. The Morgan fingerprint density at radius 1 is 1.29 bits per heavy atom. The number of nitrogens with zero attached hydrogens (tertiary/aromatic N) is 1. The first kappa shape index (κ1) is 16.6. The SMILES string of the molecule is COC(=O)c1cc(NCCNC(=O)N(C)C)cc(C)c1N. The van der Waals surface area contributed by atoms with Crippen LogP contribution in [0.4, 0.5) is 16.2 Å². The predicted molar refractivity (Wildman–Crippen MR) is 82.5 cm³/mol. The summed E-state index contributed by atoms with van der Waals surface area (Å²) in [5, 5.41) is 5.86. The van der Waals surface area contributed by atoms with Crippen LogP contribution in [0.3, 0.4) is 0 Å². The predicted octanol–water partition coefficient (Wildman–Crippen LogP) is 1.05. The number of hydrogen-bond acceptors (Lipinski definition) is 5. The Bertz CT molecular complexity index is 529. The Balaban J connectivity index is 2.66. The lowest BCUT2D eigenvalue weighted by Crippen LogP contribution is -2.37. The first-order valence-electron chi connectivity index (χ1n) is 6.54. The molecule has 2 amide bonds. The monoisotopic (exact) mass is 294 g/mol. The number of ether oxygens (including phenoxy) is 1. The summed E-state index contributed by atoms with van der Waals surface area (Å²) in [7, 11) is 4.66. The summed E-state index contributed by atoms with van der Waals surface area (Å²) in [6.07, 6.45) is 0. The first-order valence-corrected chi connectivity index (χ1v) is 6.54. The van der Waals surface area contributed by atoms with Crippen molar-refractivity contribution in [2.75, 3.05) is 45.3 Å². The van der Waals surface area contributed by atoms with Crippen LogP contribution in [0.25, 0.3) is 0 Å². The molecule has 0 unspecified atom stereocenters. The lowest BCUT2D eigenvalue weighted by molar-refractivity contribution is 0.0602. The number of carbonyl (C=O) groups excluding carboxylic acids is 2. The van der Waals surface area contributed by atoms with Crippen LogP contribution in [0.1, 0.15) is 15.9 Å². The highest BCUT2D eigenvalue weighted by molar-refractivity contribution is 5.97. The summed E-state index contributed by atoms with van der Waals surface area (Å²) in [5.41, 5.74) is 8.15. The van der Waals surface area contributed by atoms with Crippen LogP contribution < -0.4 is 16.4 Å². The Morgan fingerprint density at radius 3 is 2.52 bits per heavy atom. The number of aryl methyl sites for hydroxylation is 1. The van der Waals surface area contributed by atoms with Gasteiger partial charge in [-0.3, -0.25) is 0 Å². The van der Waals surface area contributed by atoms with E-state index >= 15 is 0 Å². The maximum atomic E-state index is 11.6. The quantitative estimate of drug-likeness (QED) is 0.428. The van der Waals surface area contributed by atoms with Gasteiger partial charge in [0.05, 0.1) is 12.7 Å². The second-order valence-electron chi connectivity index (χ2n) is 4.80. The Labute approximate surface area is 124 Å². The van der Waals surface area contributed by atoms with E-state index < -0.39 is 5.97 Å². The fraction of sp³-hybridized carbons (Fsp3) is 0.429. The Kier molecular flexibility index (Phi) is 5.83. The number of nitrogens with one attached hydrogen (secondary N) is 2. The molecular formula is C14H22N4O3. The van der Waals surface area contributed by atoms with Crippen molar-refractivity contribution in [3.8, 4) is 0 Å². The first-order chi connectivity index (χ1) is 9.86. The summed E-state index contributed by atoms with van der Waals surface area (Å²) in [6, 6.07) is 3.33. The van der Waals surface area contributed by atoms with Crippen molar-refractivity contribution in [2.24, 2.45) is 0 Å². The third-order valence-corrected chi connectivity index (χ3v) is 2.93. The van der Waals surface area contributed by atoms with Crippen LogP contribution in [0.5, 0.6) is 0 Å². The van der Waals surface area contributed by atoms with Crippen molar-refractivity contribution in [2.45, 2.75) is 6.92 Å². The summed E-state index contributed by atoms with van der Waals surface area (Å²) >= 11 is 0. The van der Waals surface area contributed by atoms with Crippen molar-refractivity contribution < 1.29 is 14.3 Å². The minimum Gasteiger partial charge on any atom is -0.465 e. The smallest absolute Gasteiger partial charge is 0.340 e. The molecule has 21 heavy (non-hydrogen) atoms. The molecule has 0 bridgehead atoms. The molecular weight excluding hydrogens is 272 g/mol. The molecule has 0 heterocycles. The molecule has 4 N–H and O–H groups in total. The molecule has 1 aromatic rings. The van der Waals surface area contributed by atoms with E-state index in [2.05, 4.69) is 10.6 Å². The molecule has 0 aliphatic rings. The largest absolute Gasteiger partial charge is 0.465 e. The third-order valence-electron chi connectivity index (χ3n) is 2.93. The number of rotatable bonds is 5. The average Bonchev–Trinajstić information content (AvgIpc) is 2.45. The topological polar surface area (TPSA) is 96.7 Å². The van der Waals surface area contributed by atoms with Crippen LogP contribution >= 0.6 is 0 Å². The number of nitrogens with two attached hydrogens (primary N) is 1. The van der Waals surface area contributed by atoms with Crippen molar-refractivity contribution >= 4 is 23.4 Å². The maximum Gasteiger partial charge on any atom is 0.340 e. The van der Waals surface area contributed by atoms with Gasteiger partial charge in [-0.25, -0.2) is 9.59 Å². The van der Waals surface area contributed by atoms with E-state index in [1.165, 1.54) is 12.0 Å². The molecule has 1 aromatic carbocycles. The summed E-state index contributed by atoms with van der Waals surface area (Å²) in [4.78, 5) is 24.4. The van der Waals surface area contributed by atoms with Crippen molar-refractivity contribution in [3.05, 3.63) is 23.3 Å². The molecule has 116 valence electrons. The van der Waals surface area contributed by atoms with Crippen LogP contribution in [0.15, 0.2) is 12.1 Å². The third kappa shape index (κ3) is 4.55. The van der Waals surface area contributed by atoms with Gasteiger partial charge in [-0.15, -0.1) is 0 Å². The zero-order valence-corrected chi connectivity index (χ0v) is 12.8. The van der Waals surface area contributed by atoms with Crippen molar-refractivity contribution in [1.82, 2.24) is 10.2 Å². The van der Waals surface area contributed by atoms with E-state index in [9.17, 15) is 9.59 Å². The van der Waals surface area contributed by atoms with Crippen molar-refractivity contribution in [1.29, 1.82) is 0 Å². The van der Waals surface area contributed by atoms with E-state index in [4.69, 9.17) is 10.5 Å². The van der Waals surface area contributed by atoms with Crippen LogP contribution in [-0.2, 0) is 4.74 Å². The van der Waals surface area contributed by atoms with E-state index in [0.717, 1.165) is 11.3 Å². The lowest BCUT2D eigenvalue weighted by atomic mass is 10.1. The van der Waals surface area contributed by atoms with E-state index in [1.54, 1.807) is 20.2 Å². The van der Waals surface area contributed by atoms with Crippen LogP contribution in [0.2, 0.25) is 0 Å². The van der Waals surface area contributed by atoms with Gasteiger partial charge < -0.3 is 26.0 Å². The van der Waals surface area contributed by atoms with Gasteiger partial charge in [0.1, 0.15) is 0 Å². The fourth-order valence-electron chi connectivity index (χ4n) is 1.71. The zero-order chi connectivity index (χ0) is 16.0. The molecule has 0 atom stereocenters. The summed E-state index contributed by atoms with van der Waals surface area (Å²) < 4.78 is 4.70. The highest BCUT2D eigenvalue weighted by atomic mass is 16.5. The van der Waals surface area contributed by atoms with Gasteiger partial charge in [-0.2, -0.15) is 0 Å². The molecule has 0 fully saturated rings. The second-order valence-corrected chi connectivity index (χ2v) is 4.80. The lowest BCUT2D eigenvalue weighted by Gasteiger charge is -2.14. The van der Waals surface area contributed by atoms with Gasteiger partial charge >= 0.3 is 12.0 Å². The maximum absolute atomic E-state index is 11.6. The van der Waals surface area contributed by atoms with Crippen LogP contribution in [-0.4, -0.2) is 51.2 Å². The molecule has 0 spiro atoms. The van der Waals surface area contributed by atoms with E-state index in [-0.39, 0.29) is 6.03 Å². The number of carbonyl (C=O) groups is 2. The number of benzene rings is 1. The molecule has 7 nitrogen and oxygen atoms in total. The summed E-state index contributed by atoms with van der Waals surface area (Å²) in [6.45, 7) is 2.82. The fourth-order valence-corrected chi connectivity index (χ4v) is 1.71. The van der Waals surface area contributed by atoms with E-state index in [0.29, 0.717) is 24.3 Å². The molecule has 0 saturated carbocycles. The molecule has 1 rings (SSSR count). The summed E-state index contributed by atoms with van der Waals surface area (Å²) in [5.74, 6) is -0.472. The highest BCUT2D eigenvalue weighted by Crippen LogP contribution is 2.23. The Hall–Kier alpha value is -2.44. The molecule has 0 aromatic heterocycles. The number of amides is 2. The number of nitrogen functional groups attached to an aromatic ring is 1. The Morgan fingerprint density at radius 2 is 1.95 bits per heavy atom. The van der Waals surface area contributed by atoms with Gasteiger partial charge in [-0.05, 0) is 24.6 Å². The number of esters is 1. The minimum absolute atomic E-state index is 0.152. The van der Waals surface area contributed by atoms with Gasteiger partial charge in [-0.1, -0.05) is 0 Å². The molecule has 0 aliphatic carbocycles. The van der Waals surface area contributed by atoms with E-state index in [1.807, 2.05) is 13.0 Å². The van der Waals surface area contributed by atoms with Crippen molar-refractivity contribution in [3.63, 3.8) is 0 Å². The molecule has 0 radical (unpaired) electrons. The zero-order valence-electron chi connectivity index (χ0n) is 12.8. The average molecular weight is 294 g/mol. The molecule has 7 heteroatoms. The number of anilines is 2. The minimum atomic E-state index is -0.472. The molecule has 0 aliphatic heterocycles. The second kappa shape index (κ2) is 7.37. The van der Waals surface area contributed by atoms with Crippen LogP contribution in [0, 0.1) is 6.92 Å². The van der Waals surface area contributed by atoms with Gasteiger partial charge in [0.25, 0.3) is 0 Å². The van der Waals surface area contributed by atoms with Gasteiger partial charge in [0.2, 0.25) is 0 Å². The standard InChI is InChI=1S/C14H22N4O3/c1-9-7-10(8-11(12(9)15)13(19)21-4)16-5-6-17-14(20)18(2)3/h7-8,16H,5-6,15H2,1-4H3,(H,17,20). The highest BCUT2D eigenvalue weighted by Gasteiger charge is 2.13.